The highest BCUT2D eigenvalue weighted by molar-refractivity contribution is 5.82. The normalized spacial score (nSPS) is 22.6. The van der Waals surface area contributed by atoms with Crippen molar-refractivity contribution >= 4 is 5.91 Å². The fourth-order valence-electron chi connectivity index (χ4n) is 4.13. The van der Waals surface area contributed by atoms with E-state index in [4.69, 9.17) is 4.74 Å². The molecular weight excluding hydrogens is 310 g/mol. The fourth-order valence-corrected chi connectivity index (χ4v) is 4.13. The van der Waals surface area contributed by atoms with Gasteiger partial charge < -0.3 is 9.64 Å². The van der Waals surface area contributed by atoms with Gasteiger partial charge in [0.15, 0.2) is 0 Å². The lowest BCUT2D eigenvalue weighted by Crippen LogP contribution is -2.45. The predicted octanol–water partition coefficient (Wildman–Crippen LogP) is 3.92. The number of aryl methyl sites for hydroxylation is 1. The van der Waals surface area contributed by atoms with Crippen LogP contribution in [0.1, 0.15) is 42.0 Å². The zero-order valence-corrected chi connectivity index (χ0v) is 14.6. The van der Waals surface area contributed by atoms with Gasteiger partial charge in [0.1, 0.15) is 6.10 Å². The molecule has 2 aliphatic heterocycles. The van der Waals surface area contributed by atoms with Crippen molar-refractivity contribution in [2.45, 2.75) is 44.2 Å². The van der Waals surface area contributed by atoms with Crippen LogP contribution in [0.15, 0.2) is 54.6 Å². The molecule has 2 aromatic rings. The van der Waals surface area contributed by atoms with Crippen LogP contribution in [0.2, 0.25) is 0 Å². The predicted molar refractivity (Wildman–Crippen MR) is 98.3 cm³/mol. The summed E-state index contributed by atoms with van der Waals surface area (Å²) < 4.78 is 5.68. The maximum atomic E-state index is 13.0. The van der Waals surface area contributed by atoms with Gasteiger partial charge in [0, 0.05) is 13.2 Å². The molecule has 1 saturated heterocycles. The smallest absolute Gasteiger partial charge is 0.252 e. The molecule has 130 valence electrons. The Kier molecular flexibility index (Phi) is 4.84. The van der Waals surface area contributed by atoms with Gasteiger partial charge in [-0.2, -0.15) is 0 Å². The number of hydrogen-bond acceptors (Lipinski definition) is 2. The van der Waals surface area contributed by atoms with Crippen molar-refractivity contribution in [1.82, 2.24) is 4.90 Å². The molecule has 0 bridgehead atoms. The second-order valence-corrected chi connectivity index (χ2v) is 7.02. The minimum absolute atomic E-state index is 0.154. The molecule has 2 aliphatic rings. The zero-order chi connectivity index (χ0) is 17.1. The third-order valence-corrected chi connectivity index (χ3v) is 5.45. The topological polar surface area (TPSA) is 29.5 Å². The van der Waals surface area contributed by atoms with E-state index in [2.05, 4.69) is 53.4 Å². The van der Waals surface area contributed by atoms with Crippen LogP contribution in [0.3, 0.4) is 0 Å². The number of carbonyl (C=O) groups is 1. The molecule has 0 aliphatic carbocycles. The largest absolute Gasteiger partial charge is 0.368 e. The van der Waals surface area contributed by atoms with Crippen molar-refractivity contribution in [3.63, 3.8) is 0 Å². The minimum atomic E-state index is -0.232. The summed E-state index contributed by atoms with van der Waals surface area (Å²) in [5, 5.41) is 0. The molecule has 0 aromatic heterocycles. The third-order valence-electron chi connectivity index (χ3n) is 5.45. The van der Waals surface area contributed by atoms with Crippen molar-refractivity contribution < 1.29 is 9.53 Å². The van der Waals surface area contributed by atoms with Gasteiger partial charge in [-0.15, -0.1) is 0 Å². The number of hydrogen-bond donors (Lipinski definition) is 0. The number of carbonyl (C=O) groups excluding carboxylic acids is 1. The van der Waals surface area contributed by atoms with E-state index in [9.17, 15) is 4.79 Å². The van der Waals surface area contributed by atoms with Gasteiger partial charge in [0.25, 0.3) is 5.91 Å². The summed E-state index contributed by atoms with van der Waals surface area (Å²) >= 11 is 0. The number of benzene rings is 2. The Labute approximate surface area is 149 Å². The maximum absolute atomic E-state index is 13.0. The Morgan fingerprint density at radius 3 is 2.68 bits per heavy atom. The van der Waals surface area contributed by atoms with Crippen LogP contribution in [0.25, 0.3) is 0 Å². The molecule has 2 unspecified atom stereocenters. The van der Waals surface area contributed by atoms with Gasteiger partial charge in [-0.3, -0.25) is 4.79 Å². The number of rotatable bonds is 4. The maximum Gasteiger partial charge on any atom is 0.252 e. The van der Waals surface area contributed by atoms with E-state index in [0.717, 1.165) is 45.3 Å². The first-order chi connectivity index (χ1) is 12.3. The number of ether oxygens (including phenoxy) is 1. The molecule has 0 spiro atoms. The molecule has 2 aromatic carbocycles. The molecule has 25 heavy (non-hydrogen) atoms. The van der Waals surface area contributed by atoms with Crippen LogP contribution in [-0.2, 0) is 22.4 Å². The minimum Gasteiger partial charge on any atom is -0.368 e. The summed E-state index contributed by atoms with van der Waals surface area (Å²) in [6.45, 7) is 1.52. The van der Waals surface area contributed by atoms with Crippen molar-refractivity contribution in [2.75, 3.05) is 13.2 Å². The van der Waals surface area contributed by atoms with Crippen LogP contribution < -0.4 is 0 Å². The first kappa shape index (κ1) is 16.3. The average molecular weight is 335 g/mol. The lowest BCUT2D eigenvalue weighted by atomic mass is 9.88. The van der Waals surface area contributed by atoms with E-state index in [1.54, 1.807) is 0 Å². The van der Waals surface area contributed by atoms with Gasteiger partial charge >= 0.3 is 0 Å². The lowest BCUT2D eigenvalue weighted by Gasteiger charge is -2.38. The Bertz CT molecular complexity index is 722. The van der Waals surface area contributed by atoms with Crippen molar-refractivity contribution in [1.29, 1.82) is 0 Å². The molecule has 3 nitrogen and oxygen atoms in total. The Morgan fingerprint density at radius 1 is 1.08 bits per heavy atom. The van der Waals surface area contributed by atoms with Crippen LogP contribution in [0, 0.1) is 0 Å². The molecule has 4 rings (SSSR count). The van der Waals surface area contributed by atoms with Gasteiger partial charge in [-0.05, 0) is 48.8 Å². The van der Waals surface area contributed by atoms with Crippen LogP contribution >= 0.6 is 0 Å². The average Bonchev–Trinajstić information content (AvgIpc) is 3.21. The lowest BCUT2D eigenvalue weighted by molar-refractivity contribution is -0.144. The quantitative estimate of drug-likeness (QED) is 0.847. The highest BCUT2D eigenvalue weighted by atomic mass is 16.5. The molecule has 1 amide bonds. The van der Waals surface area contributed by atoms with Crippen molar-refractivity contribution in [3.8, 4) is 0 Å². The van der Waals surface area contributed by atoms with Crippen LogP contribution in [-0.4, -0.2) is 30.1 Å². The van der Waals surface area contributed by atoms with Crippen molar-refractivity contribution in [2.24, 2.45) is 0 Å². The molecule has 1 fully saturated rings. The number of nitrogens with zero attached hydrogens (tertiary/aromatic N) is 1. The summed E-state index contributed by atoms with van der Waals surface area (Å²) in [7, 11) is 0. The summed E-state index contributed by atoms with van der Waals surface area (Å²) in [4.78, 5) is 15.1. The summed E-state index contributed by atoms with van der Waals surface area (Å²) in [6, 6.07) is 19.3. The first-order valence-corrected chi connectivity index (χ1v) is 9.37. The number of amides is 1. The van der Waals surface area contributed by atoms with E-state index in [1.165, 1.54) is 16.7 Å². The molecule has 0 radical (unpaired) electrons. The van der Waals surface area contributed by atoms with Crippen molar-refractivity contribution in [3.05, 3.63) is 71.3 Å². The van der Waals surface area contributed by atoms with E-state index < -0.39 is 0 Å². The van der Waals surface area contributed by atoms with E-state index in [1.807, 2.05) is 6.07 Å². The van der Waals surface area contributed by atoms with Gasteiger partial charge in [-0.25, -0.2) is 0 Å². The van der Waals surface area contributed by atoms with E-state index in [0.29, 0.717) is 0 Å². The molecule has 0 N–H and O–H groups in total. The number of fused-ring (bicyclic) bond motifs is 1. The summed E-state index contributed by atoms with van der Waals surface area (Å²) in [6.07, 6.45) is 4.51. The second kappa shape index (κ2) is 7.40. The molecular formula is C22H25NO2. The van der Waals surface area contributed by atoms with Gasteiger partial charge in [0.05, 0.1) is 6.04 Å². The Morgan fingerprint density at radius 2 is 1.88 bits per heavy atom. The van der Waals surface area contributed by atoms with Crippen LogP contribution in [0.5, 0.6) is 0 Å². The summed E-state index contributed by atoms with van der Waals surface area (Å²) in [5.74, 6) is 0.185. The Balaban J connectivity index is 1.58. The third kappa shape index (κ3) is 3.47. The van der Waals surface area contributed by atoms with Gasteiger partial charge in [-0.1, -0.05) is 54.6 Å². The fraction of sp³-hybridized carbons (Fsp3) is 0.409. The summed E-state index contributed by atoms with van der Waals surface area (Å²) in [5.41, 5.74) is 4.03. The van der Waals surface area contributed by atoms with E-state index >= 15 is 0 Å². The zero-order valence-electron chi connectivity index (χ0n) is 14.6. The highest BCUT2D eigenvalue weighted by Crippen LogP contribution is 2.34. The molecule has 3 heteroatoms. The molecule has 2 atom stereocenters. The monoisotopic (exact) mass is 335 g/mol. The second-order valence-electron chi connectivity index (χ2n) is 7.02. The standard InChI is InChI=1S/C22H25NO2/c24-22(21-11-6-16-25-21)23-15-14-18-9-4-5-10-19(18)20(23)13-12-17-7-2-1-3-8-17/h1-5,7-10,20-21H,6,11-16H2. The van der Waals surface area contributed by atoms with Crippen LogP contribution in [0.4, 0.5) is 0 Å². The molecule has 0 saturated carbocycles. The molecule has 2 heterocycles. The first-order valence-electron chi connectivity index (χ1n) is 9.37. The van der Waals surface area contributed by atoms with Gasteiger partial charge in [0.2, 0.25) is 0 Å². The Hall–Kier alpha value is -2.13. The SMILES string of the molecule is O=C(C1CCCO1)N1CCc2ccccc2C1CCc1ccccc1. The highest BCUT2D eigenvalue weighted by Gasteiger charge is 2.35. The van der Waals surface area contributed by atoms with E-state index in [-0.39, 0.29) is 18.1 Å².